The number of likely N-dealkylation sites (N-methyl/N-ethyl adjacent to an activating group) is 1. The number of imidazole rings is 1. The number of aromatic nitrogens is 2. The summed E-state index contributed by atoms with van der Waals surface area (Å²) in [6.07, 6.45) is 16.0. The van der Waals surface area contributed by atoms with Crippen LogP contribution in [0.25, 0.3) is 0 Å². The van der Waals surface area contributed by atoms with E-state index in [0.29, 0.717) is 6.04 Å². The average Bonchev–Trinajstić information content (AvgIpc) is 2.83. The average molecular weight is 279 g/mol. The fourth-order valence-corrected chi connectivity index (χ4v) is 2.73. The summed E-state index contributed by atoms with van der Waals surface area (Å²) in [5.41, 5.74) is 0. The van der Waals surface area contributed by atoms with Crippen molar-refractivity contribution in [2.75, 3.05) is 6.54 Å². The molecule has 116 valence electrons. The molecule has 0 fully saturated rings. The van der Waals surface area contributed by atoms with E-state index in [1.807, 2.05) is 12.4 Å². The van der Waals surface area contributed by atoms with Gasteiger partial charge in [0.15, 0.2) is 0 Å². The van der Waals surface area contributed by atoms with Crippen molar-refractivity contribution in [2.24, 2.45) is 7.05 Å². The van der Waals surface area contributed by atoms with Crippen molar-refractivity contribution in [2.45, 2.75) is 77.7 Å². The Hall–Kier alpha value is -0.830. The molecule has 20 heavy (non-hydrogen) atoms. The number of unbranched alkanes of at least 4 members (excludes halogenated alkanes) is 6. The van der Waals surface area contributed by atoms with Gasteiger partial charge in [0.2, 0.25) is 0 Å². The van der Waals surface area contributed by atoms with Crippen LogP contribution in [0, 0.1) is 0 Å². The van der Waals surface area contributed by atoms with Crippen molar-refractivity contribution in [1.82, 2.24) is 14.9 Å². The first-order valence-corrected chi connectivity index (χ1v) is 8.47. The summed E-state index contributed by atoms with van der Waals surface area (Å²) in [7, 11) is 2.08. The highest BCUT2D eigenvalue weighted by Crippen LogP contribution is 2.12. The quantitative estimate of drug-likeness (QED) is 0.584. The van der Waals surface area contributed by atoms with Gasteiger partial charge in [-0.3, -0.25) is 0 Å². The number of rotatable bonds is 12. The zero-order valence-electron chi connectivity index (χ0n) is 13.7. The van der Waals surface area contributed by atoms with Crippen molar-refractivity contribution in [3.8, 4) is 0 Å². The number of nitrogens with zero attached hydrogens (tertiary/aromatic N) is 2. The maximum absolute atomic E-state index is 4.44. The van der Waals surface area contributed by atoms with Gasteiger partial charge in [-0.2, -0.15) is 0 Å². The Balaban J connectivity index is 2.17. The fourth-order valence-electron chi connectivity index (χ4n) is 2.73. The van der Waals surface area contributed by atoms with Crippen LogP contribution in [0.5, 0.6) is 0 Å². The molecule has 0 saturated carbocycles. The third-order valence-corrected chi connectivity index (χ3v) is 4.00. The molecule has 0 radical (unpaired) electrons. The number of hydrogen-bond acceptors (Lipinski definition) is 2. The molecule has 0 aromatic carbocycles. The van der Waals surface area contributed by atoms with Gasteiger partial charge >= 0.3 is 0 Å². The lowest BCUT2D eigenvalue weighted by Gasteiger charge is -2.17. The summed E-state index contributed by atoms with van der Waals surface area (Å²) in [6.45, 7) is 5.51. The van der Waals surface area contributed by atoms with Gasteiger partial charge in [0.1, 0.15) is 5.82 Å². The van der Waals surface area contributed by atoms with E-state index < -0.39 is 0 Å². The van der Waals surface area contributed by atoms with Gasteiger partial charge in [-0.25, -0.2) is 4.98 Å². The third kappa shape index (κ3) is 7.09. The predicted molar refractivity (Wildman–Crippen MR) is 87.0 cm³/mol. The van der Waals surface area contributed by atoms with Crippen LogP contribution in [0.3, 0.4) is 0 Å². The van der Waals surface area contributed by atoms with Gasteiger partial charge in [-0.05, 0) is 13.0 Å². The Labute approximate surface area is 125 Å². The molecule has 0 bridgehead atoms. The van der Waals surface area contributed by atoms with E-state index in [2.05, 4.69) is 35.8 Å². The van der Waals surface area contributed by atoms with Crippen molar-refractivity contribution >= 4 is 0 Å². The van der Waals surface area contributed by atoms with Gasteiger partial charge in [0.25, 0.3) is 0 Å². The smallest absolute Gasteiger partial charge is 0.109 e. The Morgan fingerprint density at radius 3 is 2.40 bits per heavy atom. The normalized spacial score (nSPS) is 12.8. The lowest BCUT2D eigenvalue weighted by atomic mass is 10.0. The monoisotopic (exact) mass is 279 g/mol. The van der Waals surface area contributed by atoms with E-state index in [0.717, 1.165) is 13.0 Å². The molecular weight excluding hydrogens is 246 g/mol. The van der Waals surface area contributed by atoms with Crippen molar-refractivity contribution in [3.05, 3.63) is 18.2 Å². The Bertz CT molecular complexity index is 333. The lowest BCUT2D eigenvalue weighted by molar-refractivity contribution is 0.448. The lowest BCUT2D eigenvalue weighted by Crippen LogP contribution is -2.31. The van der Waals surface area contributed by atoms with Crippen LogP contribution in [0.1, 0.15) is 71.0 Å². The first-order chi connectivity index (χ1) is 9.77. The second kappa shape index (κ2) is 10.9. The summed E-state index contributed by atoms with van der Waals surface area (Å²) in [5, 5.41) is 3.61. The Morgan fingerprint density at radius 2 is 1.80 bits per heavy atom. The molecule has 0 spiro atoms. The number of aryl methyl sites for hydroxylation is 1. The number of hydrogen-bond donors (Lipinski definition) is 1. The molecule has 1 aromatic heterocycles. The highest BCUT2D eigenvalue weighted by molar-refractivity contribution is 4.94. The molecule has 1 heterocycles. The van der Waals surface area contributed by atoms with Crippen LogP contribution < -0.4 is 5.32 Å². The first-order valence-electron chi connectivity index (χ1n) is 8.47. The summed E-state index contributed by atoms with van der Waals surface area (Å²) in [4.78, 5) is 4.44. The van der Waals surface area contributed by atoms with Gasteiger partial charge in [0.05, 0.1) is 0 Å². The minimum absolute atomic E-state index is 0.580. The molecule has 1 atom stereocenters. The van der Waals surface area contributed by atoms with Crippen LogP contribution in [0.15, 0.2) is 12.4 Å². The maximum atomic E-state index is 4.44. The molecular formula is C17H33N3. The van der Waals surface area contributed by atoms with Crippen LogP contribution in [-0.2, 0) is 13.5 Å². The molecule has 3 nitrogen and oxygen atoms in total. The van der Waals surface area contributed by atoms with Crippen molar-refractivity contribution in [3.63, 3.8) is 0 Å². The van der Waals surface area contributed by atoms with E-state index in [1.165, 1.54) is 57.2 Å². The van der Waals surface area contributed by atoms with Gasteiger partial charge < -0.3 is 9.88 Å². The molecule has 0 aliphatic heterocycles. The summed E-state index contributed by atoms with van der Waals surface area (Å²) < 4.78 is 2.13. The fraction of sp³-hybridized carbons (Fsp3) is 0.824. The Kier molecular flexibility index (Phi) is 9.38. The molecule has 1 unspecified atom stereocenters. The van der Waals surface area contributed by atoms with Gasteiger partial charge in [-0.1, -0.05) is 58.8 Å². The van der Waals surface area contributed by atoms with Gasteiger partial charge in [-0.15, -0.1) is 0 Å². The topological polar surface area (TPSA) is 29.9 Å². The van der Waals surface area contributed by atoms with E-state index in [9.17, 15) is 0 Å². The number of nitrogens with one attached hydrogen (secondary N) is 1. The molecule has 0 amide bonds. The minimum Gasteiger partial charge on any atom is -0.338 e. The summed E-state index contributed by atoms with van der Waals surface area (Å²) in [6, 6.07) is 0.580. The summed E-state index contributed by atoms with van der Waals surface area (Å²) in [5.74, 6) is 1.19. The molecule has 1 aromatic rings. The highest BCUT2D eigenvalue weighted by atomic mass is 15.0. The first kappa shape index (κ1) is 17.2. The van der Waals surface area contributed by atoms with Crippen LogP contribution >= 0.6 is 0 Å². The zero-order chi connectivity index (χ0) is 14.6. The van der Waals surface area contributed by atoms with E-state index in [-0.39, 0.29) is 0 Å². The minimum atomic E-state index is 0.580. The van der Waals surface area contributed by atoms with Gasteiger partial charge in [0, 0.05) is 31.9 Å². The van der Waals surface area contributed by atoms with Crippen LogP contribution in [-0.4, -0.2) is 22.1 Å². The van der Waals surface area contributed by atoms with Crippen LogP contribution in [0.4, 0.5) is 0 Å². The molecule has 3 heteroatoms. The summed E-state index contributed by atoms with van der Waals surface area (Å²) >= 11 is 0. The predicted octanol–water partition coefficient (Wildman–Crippen LogP) is 4.08. The SMILES string of the molecule is CCCCCCCCCC(Cc1nccn1C)NCC. The molecule has 0 aliphatic rings. The van der Waals surface area contributed by atoms with E-state index in [4.69, 9.17) is 0 Å². The molecule has 0 saturated heterocycles. The largest absolute Gasteiger partial charge is 0.338 e. The molecule has 0 aliphatic carbocycles. The third-order valence-electron chi connectivity index (χ3n) is 4.00. The van der Waals surface area contributed by atoms with E-state index >= 15 is 0 Å². The second-order valence-corrected chi connectivity index (χ2v) is 5.82. The maximum Gasteiger partial charge on any atom is 0.109 e. The second-order valence-electron chi connectivity index (χ2n) is 5.82. The standard InChI is InChI=1S/C17H33N3/c1-4-6-7-8-9-10-11-12-16(18-5-2)15-17-19-13-14-20(17)3/h13-14,16,18H,4-12,15H2,1-3H3. The van der Waals surface area contributed by atoms with Crippen molar-refractivity contribution in [1.29, 1.82) is 0 Å². The van der Waals surface area contributed by atoms with Crippen molar-refractivity contribution < 1.29 is 0 Å². The highest BCUT2D eigenvalue weighted by Gasteiger charge is 2.10. The van der Waals surface area contributed by atoms with E-state index in [1.54, 1.807) is 0 Å². The molecule has 1 rings (SSSR count). The zero-order valence-corrected chi connectivity index (χ0v) is 13.7. The Morgan fingerprint density at radius 1 is 1.10 bits per heavy atom. The molecule has 1 N–H and O–H groups in total. The van der Waals surface area contributed by atoms with Crippen LogP contribution in [0.2, 0.25) is 0 Å².